The van der Waals surface area contributed by atoms with Crippen molar-refractivity contribution in [2.24, 2.45) is 0 Å². The minimum absolute atomic E-state index is 0.0188. The highest BCUT2D eigenvalue weighted by atomic mass is 16.5. The minimum atomic E-state index is -0.530. The Morgan fingerprint density at radius 1 is 1.32 bits per heavy atom. The number of rotatable bonds is 2. The summed E-state index contributed by atoms with van der Waals surface area (Å²) >= 11 is 0. The zero-order valence-electron chi connectivity index (χ0n) is 12.3. The van der Waals surface area contributed by atoms with E-state index >= 15 is 0 Å². The van der Waals surface area contributed by atoms with E-state index in [-0.39, 0.29) is 18.1 Å². The van der Waals surface area contributed by atoms with Crippen LogP contribution in [-0.4, -0.2) is 42.2 Å². The van der Waals surface area contributed by atoms with E-state index in [1.54, 1.807) is 17.9 Å². The van der Waals surface area contributed by atoms with Gasteiger partial charge in [-0.1, -0.05) is 0 Å². The third kappa shape index (κ3) is 2.69. The smallest absolute Gasteiger partial charge is 0.340 e. The number of morpholine rings is 1. The van der Waals surface area contributed by atoms with E-state index in [9.17, 15) is 14.7 Å². The van der Waals surface area contributed by atoms with Crippen molar-refractivity contribution in [2.45, 2.75) is 13.3 Å². The van der Waals surface area contributed by atoms with Gasteiger partial charge in [-0.25, -0.2) is 4.79 Å². The molecule has 116 valence electrons. The molecule has 2 heterocycles. The lowest BCUT2D eigenvalue weighted by atomic mass is 10.0. The van der Waals surface area contributed by atoms with E-state index < -0.39 is 5.63 Å². The highest BCUT2D eigenvalue weighted by Gasteiger charge is 2.21. The molecule has 1 aliphatic rings. The molecular formula is C16H17NO5. The number of ether oxygens (including phenoxy) is 1. The van der Waals surface area contributed by atoms with Crippen molar-refractivity contribution in [3.05, 3.63) is 39.7 Å². The highest BCUT2D eigenvalue weighted by molar-refractivity contribution is 5.85. The first-order valence-electron chi connectivity index (χ1n) is 7.17. The Balaban J connectivity index is 1.95. The topological polar surface area (TPSA) is 80.0 Å². The van der Waals surface area contributed by atoms with Gasteiger partial charge in [-0.15, -0.1) is 0 Å². The van der Waals surface area contributed by atoms with Gasteiger partial charge in [0, 0.05) is 24.5 Å². The molecule has 6 nitrogen and oxygen atoms in total. The van der Waals surface area contributed by atoms with Gasteiger partial charge in [-0.2, -0.15) is 0 Å². The number of fused-ring (bicyclic) bond motifs is 1. The molecule has 1 fully saturated rings. The van der Waals surface area contributed by atoms with Gasteiger partial charge in [0.15, 0.2) is 0 Å². The van der Waals surface area contributed by atoms with Crippen LogP contribution in [0.1, 0.15) is 11.1 Å². The van der Waals surface area contributed by atoms with Crippen LogP contribution in [0.4, 0.5) is 0 Å². The lowest BCUT2D eigenvalue weighted by molar-refractivity contribution is -0.134. The third-order valence-corrected chi connectivity index (χ3v) is 3.96. The molecule has 0 unspecified atom stereocenters. The van der Waals surface area contributed by atoms with E-state index in [0.29, 0.717) is 43.0 Å². The van der Waals surface area contributed by atoms with Gasteiger partial charge in [-0.3, -0.25) is 4.79 Å². The molecule has 6 heteroatoms. The number of phenolic OH excluding ortho intramolecular Hbond substituents is 1. The Morgan fingerprint density at radius 3 is 2.77 bits per heavy atom. The van der Waals surface area contributed by atoms with Crippen LogP contribution in [0.3, 0.4) is 0 Å². The number of hydrogen-bond acceptors (Lipinski definition) is 5. The number of nitrogens with zero attached hydrogens (tertiary/aromatic N) is 1. The number of aryl methyl sites for hydroxylation is 1. The molecule has 0 saturated carbocycles. The van der Waals surface area contributed by atoms with Crippen molar-refractivity contribution in [2.75, 3.05) is 26.3 Å². The van der Waals surface area contributed by atoms with Crippen LogP contribution in [0.15, 0.2) is 27.4 Å². The summed E-state index contributed by atoms with van der Waals surface area (Å²) in [5.74, 6) is -0.0657. The molecule has 3 rings (SSSR count). The van der Waals surface area contributed by atoms with Gasteiger partial charge in [0.05, 0.1) is 25.2 Å². The number of benzene rings is 1. The normalized spacial score (nSPS) is 15.2. The van der Waals surface area contributed by atoms with Gasteiger partial charge in [0.2, 0.25) is 5.91 Å². The first kappa shape index (κ1) is 14.6. The summed E-state index contributed by atoms with van der Waals surface area (Å²) in [5, 5.41) is 10.2. The van der Waals surface area contributed by atoms with Crippen LogP contribution in [0, 0.1) is 6.92 Å². The molecule has 1 amide bonds. The highest BCUT2D eigenvalue weighted by Crippen LogP contribution is 2.23. The number of amides is 1. The van der Waals surface area contributed by atoms with Crippen molar-refractivity contribution >= 4 is 16.9 Å². The van der Waals surface area contributed by atoms with Crippen LogP contribution in [0.5, 0.6) is 5.75 Å². The van der Waals surface area contributed by atoms with Crippen molar-refractivity contribution in [3.63, 3.8) is 0 Å². The Hall–Kier alpha value is -2.34. The van der Waals surface area contributed by atoms with Gasteiger partial charge in [-0.05, 0) is 24.6 Å². The Morgan fingerprint density at radius 2 is 2.05 bits per heavy atom. The fourth-order valence-corrected chi connectivity index (χ4v) is 2.66. The SMILES string of the molecule is Cc1c(CC(=O)N2CCOCC2)c(=O)oc2cc(O)ccc12. The van der Waals surface area contributed by atoms with Crippen LogP contribution in [0.2, 0.25) is 0 Å². The van der Waals surface area contributed by atoms with Gasteiger partial charge >= 0.3 is 5.63 Å². The standard InChI is InChI=1S/C16H17NO5/c1-10-12-3-2-11(18)8-14(12)22-16(20)13(10)9-15(19)17-4-6-21-7-5-17/h2-3,8,18H,4-7,9H2,1H3. The second kappa shape index (κ2) is 5.81. The zero-order chi connectivity index (χ0) is 15.7. The van der Waals surface area contributed by atoms with Crippen molar-refractivity contribution < 1.29 is 19.1 Å². The molecule has 1 saturated heterocycles. The average Bonchev–Trinajstić information content (AvgIpc) is 2.51. The summed E-state index contributed by atoms with van der Waals surface area (Å²) in [4.78, 5) is 26.1. The van der Waals surface area contributed by atoms with Crippen LogP contribution in [0.25, 0.3) is 11.0 Å². The van der Waals surface area contributed by atoms with E-state index in [4.69, 9.17) is 9.15 Å². The molecule has 0 radical (unpaired) electrons. The molecule has 1 aromatic carbocycles. The summed E-state index contributed by atoms with van der Waals surface area (Å²) in [7, 11) is 0. The van der Waals surface area contributed by atoms with E-state index in [1.165, 1.54) is 12.1 Å². The van der Waals surface area contributed by atoms with Crippen LogP contribution < -0.4 is 5.63 Å². The quantitative estimate of drug-likeness (QED) is 0.844. The maximum Gasteiger partial charge on any atom is 0.340 e. The van der Waals surface area contributed by atoms with Crippen molar-refractivity contribution in [1.29, 1.82) is 0 Å². The summed E-state index contributed by atoms with van der Waals surface area (Å²) in [6.07, 6.45) is 0.0188. The molecule has 1 N–H and O–H groups in total. The summed E-state index contributed by atoms with van der Waals surface area (Å²) < 4.78 is 10.5. The van der Waals surface area contributed by atoms with Crippen molar-refractivity contribution in [1.82, 2.24) is 4.90 Å². The maximum absolute atomic E-state index is 12.3. The zero-order valence-corrected chi connectivity index (χ0v) is 12.3. The fraction of sp³-hybridized carbons (Fsp3) is 0.375. The molecule has 1 aliphatic heterocycles. The number of phenols is 1. The van der Waals surface area contributed by atoms with Gasteiger partial charge in [0.25, 0.3) is 0 Å². The van der Waals surface area contributed by atoms with E-state index in [2.05, 4.69) is 0 Å². The number of carbonyl (C=O) groups is 1. The third-order valence-electron chi connectivity index (χ3n) is 3.96. The van der Waals surface area contributed by atoms with Crippen LogP contribution in [-0.2, 0) is 16.0 Å². The lowest BCUT2D eigenvalue weighted by Crippen LogP contribution is -2.42. The first-order valence-corrected chi connectivity index (χ1v) is 7.17. The second-order valence-corrected chi connectivity index (χ2v) is 5.34. The fourth-order valence-electron chi connectivity index (χ4n) is 2.66. The summed E-state index contributed by atoms with van der Waals surface area (Å²) in [6, 6.07) is 4.62. The minimum Gasteiger partial charge on any atom is -0.508 e. The monoisotopic (exact) mass is 303 g/mol. The number of hydrogen-bond donors (Lipinski definition) is 1. The molecule has 0 atom stereocenters. The molecule has 2 aromatic rings. The predicted molar refractivity (Wildman–Crippen MR) is 80.0 cm³/mol. The molecule has 0 aliphatic carbocycles. The Labute approximate surface area is 126 Å². The largest absolute Gasteiger partial charge is 0.508 e. The van der Waals surface area contributed by atoms with Gasteiger partial charge in [0.1, 0.15) is 11.3 Å². The van der Waals surface area contributed by atoms with E-state index in [0.717, 1.165) is 5.39 Å². The molecule has 1 aromatic heterocycles. The maximum atomic E-state index is 12.3. The molecular weight excluding hydrogens is 286 g/mol. The molecule has 0 spiro atoms. The second-order valence-electron chi connectivity index (χ2n) is 5.34. The number of aromatic hydroxyl groups is 1. The predicted octanol–water partition coefficient (Wildman–Crippen LogP) is 1.21. The Kier molecular flexibility index (Phi) is 3.85. The lowest BCUT2D eigenvalue weighted by Gasteiger charge is -2.26. The Bertz CT molecular complexity index is 774. The molecule has 22 heavy (non-hydrogen) atoms. The first-order chi connectivity index (χ1) is 10.6. The average molecular weight is 303 g/mol. The summed E-state index contributed by atoms with van der Waals surface area (Å²) in [6.45, 7) is 3.93. The van der Waals surface area contributed by atoms with Crippen molar-refractivity contribution in [3.8, 4) is 5.75 Å². The van der Waals surface area contributed by atoms with Crippen LogP contribution >= 0.6 is 0 Å². The molecule has 0 bridgehead atoms. The van der Waals surface area contributed by atoms with Gasteiger partial charge < -0.3 is 19.2 Å². The summed E-state index contributed by atoms with van der Waals surface area (Å²) in [5.41, 5.74) is 0.879. The number of carbonyl (C=O) groups excluding carboxylic acids is 1. The van der Waals surface area contributed by atoms with E-state index in [1.807, 2.05) is 0 Å².